The van der Waals surface area contributed by atoms with Gasteiger partial charge < -0.3 is 5.11 Å². The Kier molecular flexibility index (Phi) is 5.77. The predicted octanol–water partition coefficient (Wildman–Crippen LogP) is 4.29. The van der Waals surface area contributed by atoms with Crippen LogP contribution in [0, 0.1) is 3.57 Å². The van der Waals surface area contributed by atoms with Crippen LogP contribution >= 0.6 is 54.5 Å². The minimum Gasteiger partial charge on any atom is -0.507 e. The number of benzene rings is 2. The molecule has 2 N–H and O–H groups in total. The van der Waals surface area contributed by atoms with Gasteiger partial charge in [0.25, 0.3) is 5.91 Å². The Bertz CT molecular complexity index is 720. The molecule has 0 aromatic heterocycles. The summed E-state index contributed by atoms with van der Waals surface area (Å²) in [6.07, 6.45) is 1.46. The lowest BCUT2D eigenvalue weighted by Crippen LogP contribution is -2.17. The summed E-state index contributed by atoms with van der Waals surface area (Å²) in [6, 6.07) is 10.4. The van der Waals surface area contributed by atoms with Crippen LogP contribution in [0.25, 0.3) is 0 Å². The molecule has 0 aliphatic heterocycles. The second kappa shape index (κ2) is 7.37. The van der Waals surface area contributed by atoms with Crippen LogP contribution in [0.4, 0.5) is 0 Å². The first-order chi connectivity index (χ1) is 9.97. The number of aromatic hydroxyl groups is 1. The molecular formula is C14H9Br2IN2O2. The van der Waals surface area contributed by atoms with Gasteiger partial charge in [-0.1, -0.05) is 22.0 Å². The van der Waals surface area contributed by atoms with E-state index in [1.54, 1.807) is 18.2 Å². The zero-order valence-electron chi connectivity index (χ0n) is 10.5. The van der Waals surface area contributed by atoms with E-state index in [1.807, 2.05) is 12.1 Å². The molecule has 0 saturated carbocycles. The molecule has 1 amide bonds. The molecule has 4 nitrogen and oxygen atoms in total. The highest BCUT2D eigenvalue weighted by Gasteiger charge is 2.06. The number of hydrogen-bond donors (Lipinski definition) is 2. The van der Waals surface area contributed by atoms with Crippen LogP contribution in [-0.2, 0) is 0 Å². The first-order valence-electron chi connectivity index (χ1n) is 5.74. The Labute approximate surface area is 152 Å². The molecule has 0 spiro atoms. The summed E-state index contributed by atoms with van der Waals surface area (Å²) >= 11 is 8.71. The highest BCUT2D eigenvalue weighted by atomic mass is 127. The van der Waals surface area contributed by atoms with Crippen LogP contribution in [-0.4, -0.2) is 17.2 Å². The van der Waals surface area contributed by atoms with Crippen molar-refractivity contribution >= 4 is 66.6 Å². The maximum Gasteiger partial charge on any atom is 0.271 e. The minimum absolute atomic E-state index is 0.101. The van der Waals surface area contributed by atoms with Crippen LogP contribution in [0.3, 0.4) is 0 Å². The number of hydrazone groups is 1. The van der Waals surface area contributed by atoms with E-state index >= 15 is 0 Å². The number of hydrogen-bond acceptors (Lipinski definition) is 3. The topological polar surface area (TPSA) is 61.7 Å². The molecule has 0 saturated heterocycles. The molecule has 2 rings (SSSR count). The quantitative estimate of drug-likeness (QED) is 0.358. The third-order valence-electron chi connectivity index (χ3n) is 2.52. The van der Waals surface area contributed by atoms with Gasteiger partial charge >= 0.3 is 0 Å². The highest BCUT2D eigenvalue weighted by molar-refractivity contribution is 14.1. The fraction of sp³-hybridized carbons (Fsp3) is 0. The lowest BCUT2D eigenvalue weighted by atomic mass is 10.2. The van der Waals surface area contributed by atoms with Crippen LogP contribution in [0.1, 0.15) is 15.9 Å². The van der Waals surface area contributed by atoms with Crippen LogP contribution in [0.15, 0.2) is 50.4 Å². The lowest BCUT2D eigenvalue weighted by Gasteiger charge is -2.03. The Morgan fingerprint density at radius 1 is 1.24 bits per heavy atom. The molecule has 0 unspecified atom stereocenters. The summed E-state index contributed by atoms with van der Waals surface area (Å²) in [4.78, 5) is 11.9. The monoisotopic (exact) mass is 522 g/mol. The Morgan fingerprint density at radius 3 is 2.71 bits per heavy atom. The van der Waals surface area contributed by atoms with Gasteiger partial charge in [-0.2, -0.15) is 5.10 Å². The molecule has 21 heavy (non-hydrogen) atoms. The number of phenolic OH excluding ortho intramolecular Hbond substituents is 1. The van der Waals surface area contributed by atoms with Gasteiger partial charge in [0, 0.05) is 19.2 Å². The summed E-state index contributed by atoms with van der Waals surface area (Å²) in [5.41, 5.74) is 3.64. The van der Waals surface area contributed by atoms with Crippen molar-refractivity contribution in [1.29, 1.82) is 0 Å². The van der Waals surface area contributed by atoms with E-state index in [-0.39, 0.29) is 11.7 Å². The summed E-state index contributed by atoms with van der Waals surface area (Å²) in [6.45, 7) is 0. The predicted molar refractivity (Wildman–Crippen MR) is 97.7 cm³/mol. The fourth-order valence-corrected chi connectivity index (χ4v) is 3.15. The van der Waals surface area contributed by atoms with Crippen molar-refractivity contribution in [3.8, 4) is 5.75 Å². The maximum absolute atomic E-state index is 11.9. The van der Waals surface area contributed by atoms with Gasteiger partial charge in [0.05, 0.1) is 10.7 Å². The van der Waals surface area contributed by atoms with Crippen LogP contribution in [0.5, 0.6) is 5.75 Å². The largest absolute Gasteiger partial charge is 0.507 e. The van der Waals surface area contributed by atoms with Crippen molar-refractivity contribution in [2.24, 2.45) is 5.10 Å². The molecule has 0 fully saturated rings. The van der Waals surface area contributed by atoms with Crippen LogP contribution in [0.2, 0.25) is 0 Å². The number of nitrogens with one attached hydrogen (secondary N) is 1. The second-order valence-electron chi connectivity index (χ2n) is 4.03. The number of halogens is 3. The van der Waals surface area contributed by atoms with Gasteiger partial charge in [0.15, 0.2) is 0 Å². The van der Waals surface area contributed by atoms with E-state index in [0.717, 1.165) is 8.04 Å². The molecular weight excluding hydrogens is 515 g/mol. The third-order valence-corrected chi connectivity index (χ3v) is 4.52. The third kappa shape index (κ3) is 4.52. The van der Waals surface area contributed by atoms with Crippen molar-refractivity contribution in [3.05, 3.63) is 60.0 Å². The highest BCUT2D eigenvalue weighted by Crippen LogP contribution is 2.29. The first kappa shape index (κ1) is 16.4. The van der Waals surface area contributed by atoms with Gasteiger partial charge in [0.1, 0.15) is 5.75 Å². The summed E-state index contributed by atoms with van der Waals surface area (Å²) in [5.74, 6) is -0.189. The zero-order chi connectivity index (χ0) is 15.4. The number of phenols is 1. The number of carbonyl (C=O) groups is 1. The number of rotatable bonds is 3. The molecule has 0 aliphatic carbocycles. The van der Waals surface area contributed by atoms with Crippen molar-refractivity contribution in [3.63, 3.8) is 0 Å². The fourth-order valence-electron chi connectivity index (χ4n) is 1.51. The maximum atomic E-state index is 11.9. The molecule has 7 heteroatoms. The smallest absolute Gasteiger partial charge is 0.271 e. The second-order valence-corrected chi connectivity index (χ2v) is 6.99. The van der Waals surface area contributed by atoms with Crippen molar-refractivity contribution < 1.29 is 9.90 Å². The van der Waals surface area contributed by atoms with Gasteiger partial charge in [-0.15, -0.1) is 0 Å². The molecule has 0 aliphatic rings. The normalized spacial score (nSPS) is 10.8. The van der Waals surface area contributed by atoms with Crippen molar-refractivity contribution in [2.45, 2.75) is 0 Å². The Hall–Kier alpha value is -0.930. The summed E-state index contributed by atoms with van der Waals surface area (Å²) in [5, 5.41) is 13.5. The summed E-state index contributed by atoms with van der Waals surface area (Å²) < 4.78 is 2.30. The summed E-state index contributed by atoms with van der Waals surface area (Å²) in [7, 11) is 0. The van der Waals surface area contributed by atoms with Crippen LogP contribution < -0.4 is 5.43 Å². The molecule has 0 atom stereocenters. The minimum atomic E-state index is -0.290. The molecule has 2 aromatic rings. The molecule has 0 radical (unpaired) electrons. The van der Waals surface area contributed by atoms with E-state index in [4.69, 9.17) is 0 Å². The van der Waals surface area contributed by atoms with Crippen molar-refractivity contribution in [2.75, 3.05) is 0 Å². The van der Waals surface area contributed by atoms with E-state index in [1.165, 1.54) is 12.3 Å². The molecule has 2 aromatic carbocycles. The number of amides is 1. The van der Waals surface area contributed by atoms with Gasteiger partial charge in [-0.25, -0.2) is 5.43 Å². The first-order valence-corrected chi connectivity index (χ1v) is 8.41. The van der Waals surface area contributed by atoms with E-state index in [0.29, 0.717) is 15.6 Å². The van der Waals surface area contributed by atoms with E-state index < -0.39 is 0 Å². The van der Waals surface area contributed by atoms with Gasteiger partial charge in [0.2, 0.25) is 0 Å². The lowest BCUT2D eigenvalue weighted by molar-refractivity contribution is 0.0955. The van der Waals surface area contributed by atoms with Crippen molar-refractivity contribution in [1.82, 2.24) is 5.43 Å². The number of carbonyl (C=O) groups excluding carboxylic acids is 1. The number of nitrogens with zero attached hydrogens (tertiary/aromatic N) is 1. The zero-order valence-corrected chi connectivity index (χ0v) is 15.8. The van der Waals surface area contributed by atoms with Gasteiger partial charge in [-0.3, -0.25) is 4.79 Å². The Balaban J connectivity index is 2.09. The average molecular weight is 524 g/mol. The van der Waals surface area contributed by atoms with E-state index in [9.17, 15) is 9.90 Å². The standard InChI is InChI=1S/C14H9Br2IN2O2/c15-11-6-12(16)13(20)5-9(11)7-18-19-14(21)8-2-1-3-10(17)4-8/h1-7,20H,(H,19,21). The van der Waals surface area contributed by atoms with E-state index in [2.05, 4.69) is 65.0 Å². The molecule has 108 valence electrons. The SMILES string of the molecule is O=C(NN=Cc1cc(O)c(Br)cc1Br)c1cccc(I)c1. The van der Waals surface area contributed by atoms with Gasteiger partial charge in [-0.05, 0) is 68.9 Å². The average Bonchev–Trinajstić information content (AvgIpc) is 2.44. The molecule has 0 bridgehead atoms. The Morgan fingerprint density at radius 2 is 2.00 bits per heavy atom. The molecule has 0 heterocycles.